The summed E-state index contributed by atoms with van der Waals surface area (Å²) in [6.45, 7) is 5.59. The van der Waals surface area contributed by atoms with Gasteiger partial charge in [0.1, 0.15) is 5.65 Å². The van der Waals surface area contributed by atoms with Gasteiger partial charge < -0.3 is 14.8 Å². The maximum atomic E-state index is 11.7. The van der Waals surface area contributed by atoms with Crippen LogP contribution in [0.1, 0.15) is 20.3 Å². The number of nitrogens with zero attached hydrogens (tertiary/aromatic N) is 3. The van der Waals surface area contributed by atoms with E-state index in [0.29, 0.717) is 12.0 Å². The molecule has 3 rings (SSSR count). The summed E-state index contributed by atoms with van der Waals surface area (Å²) >= 11 is 0. The zero-order valence-corrected chi connectivity index (χ0v) is 12.8. The van der Waals surface area contributed by atoms with Gasteiger partial charge in [0.15, 0.2) is 0 Å². The zero-order chi connectivity index (χ0) is 15.0. The molecule has 3 heterocycles. The first-order chi connectivity index (χ1) is 10.1. The Balaban J connectivity index is 1.91. The van der Waals surface area contributed by atoms with Crippen molar-refractivity contribution in [3.63, 3.8) is 0 Å². The number of hydrogen-bond donors (Lipinski definition) is 1. The number of piperidine rings is 1. The Hall–Kier alpha value is -2.04. The predicted octanol–water partition coefficient (Wildman–Crippen LogP) is 2.26. The summed E-state index contributed by atoms with van der Waals surface area (Å²) in [5.41, 5.74) is 2.08. The molecule has 5 heteroatoms. The van der Waals surface area contributed by atoms with Gasteiger partial charge in [-0.25, -0.2) is 4.98 Å². The smallest absolute Gasteiger partial charge is 0.219 e. The quantitative estimate of drug-likeness (QED) is 0.921. The first-order valence-electron chi connectivity index (χ1n) is 7.48. The van der Waals surface area contributed by atoms with E-state index in [1.807, 2.05) is 17.3 Å². The zero-order valence-electron chi connectivity index (χ0n) is 12.8. The van der Waals surface area contributed by atoms with Crippen molar-refractivity contribution in [3.05, 3.63) is 24.5 Å². The van der Waals surface area contributed by atoms with Crippen LogP contribution in [0.2, 0.25) is 0 Å². The van der Waals surface area contributed by atoms with Crippen LogP contribution in [0.25, 0.3) is 11.0 Å². The molecule has 0 spiro atoms. The molecule has 0 saturated carbocycles. The van der Waals surface area contributed by atoms with Crippen LogP contribution >= 0.6 is 0 Å². The Labute approximate surface area is 125 Å². The van der Waals surface area contributed by atoms with Crippen LogP contribution in [-0.4, -0.2) is 47.0 Å². The molecule has 1 fully saturated rings. The number of amides is 1. The minimum atomic E-state index is 0.168. The Kier molecular flexibility index (Phi) is 3.57. The number of nitrogens with one attached hydrogen (secondary N) is 1. The highest BCUT2D eigenvalue weighted by atomic mass is 16.2. The van der Waals surface area contributed by atoms with Crippen LogP contribution in [0, 0.1) is 5.92 Å². The van der Waals surface area contributed by atoms with Crippen molar-refractivity contribution in [2.75, 3.05) is 25.0 Å². The number of hydrogen-bond acceptors (Lipinski definition) is 3. The van der Waals surface area contributed by atoms with Gasteiger partial charge in [0.05, 0.1) is 0 Å². The third-order valence-corrected chi connectivity index (χ3v) is 4.68. The van der Waals surface area contributed by atoms with Crippen molar-refractivity contribution in [2.24, 2.45) is 5.92 Å². The van der Waals surface area contributed by atoms with E-state index < -0.39 is 0 Å². The predicted molar refractivity (Wildman–Crippen MR) is 84.3 cm³/mol. The summed E-state index contributed by atoms with van der Waals surface area (Å²) in [4.78, 5) is 23.4. The monoisotopic (exact) mass is 286 g/mol. The van der Waals surface area contributed by atoms with Gasteiger partial charge in [-0.05, 0) is 24.5 Å². The molecule has 0 aromatic carbocycles. The Morgan fingerprint density at radius 2 is 2.29 bits per heavy atom. The molecule has 21 heavy (non-hydrogen) atoms. The number of likely N-dealkylation sites (N-methyl/N-ethyl adjacent to an activating group) is 1. The lowest BCUT2D eigenvalue weighted by Crippen LogP contribution is -2.52. The molecule has 2 atom stereocenters. The lowest BCUT2D eigenvalue weighted by Gasteiger charge is -2.42. The van der Waals surface area contributed by atoms with E-state index in [0.717, 1.165) is 30.5 Å². The normalized spacial score (nSPS) is 22.5. The average molecular weight is 286 g/mol. The molecule has 112 valence electrons. The fourth-order valence-electron chi connectivity index (χ4n) is 3.27. The number of H-pyrrole nitrogens is 1. The van der Waals surface area contributed by atoms with E-state index in [1.54, 1.807) is 6.92 Å². The second kappa shape index (κ2) is 5.39. The number of anilines is 1. The largest absolute Gasteiger partial charge is 0.369 e. The molecule has 1 aliphatic heterocycles. The van der Waals surface area contributed by atoms with Gasteiger partial charge in [-0.1, -0.05) is 6.92 Å². The topological polar surface area (TPSA) is 52.2 Å². The lowest BCUT2D eigenvalue weighted by atomic mass is 9.92. The maximum absolute atomic E-state index is 11.7. The number of likely N-dealkylation sites (tertiary alicyclic amines) is 1. The van der Waals surface area contributed by atoms with Gasteiger partial charge in [-0.2, -0.15) is 0 Å². The molecule has 1 amide bonds. The van der Waals surface area contributed by atoms with E-state index in [1.165, 1.54) is 5.69 Å². The molecule has 0 radical (unpaired) electrons. The van der Waals surface area contributed by atoms with E-state index >= 15 is 0 Å². The summed E-state index contributed by atoms with van der Waals surface area (Å²) in [5.74, 6) is 0.731. The van der Waals surface area contributed by atoms with E-state index in [9.17, 15) is 4.79 Å². The highest BCUT2D eigenvalue weighted by Gasteiger charge is 2.31. The average Bonchev–Trinajstić information content (AvgIpc) is 2.95. The SMILES string of the molecule is CC(=O)N1CCC(C)C(N(C)c2ccnc3[nH]ccc23)C1. The molecule has 2 aromatic rings. The summed E-state index contributed by atoms with van der Waals surface area (Å²) in [6, 6.07) is 4.45. The first-order valence-corrected chi connectivity index (χ1v) is 7.48. The third kappa shape index (κ3) is 2.48. The van der Waals surface area contributed by atoms with E-state index in [2.05, 4.69) is 41.0 Å². The van der Waals surface area contributed by atoms with Crippen molar-refractivity contribution in [2.45, 2.75) is 26.3 Å². The number of carbonyl (C=O) groups is 1. The van der Waals surface area contributed by atoms with Crippen LogP contribution in [0.3, 0.4) is 0 Å². The summed E-state index contributed by atoms with van der Waals surface area (Å²) in [6.07, 6.45) is 4.80. The van der Waals surface area contributed by atoms with Gasteiger partial charge >= 0.3 is 0 Å². The molecule has 1 aliphatic rings. The molecule has 0 bridgehead atoms. The van der Waals surface area contributed by atoms with Crippen LogP contribution in [0.5, 0.6) is 0 Å². The second-order valence-electron chi connectivity index (χ2n) is 5.98. The first kappa shape index (κ1) is 13.9. The summed E-state index contributed by atoms with van der Waals surface area (Å²) < 4.78 is 0. The second-order valence-corrected chi connectivity index (χ2v) is 5.98. The van der Waals surface area contributed by atoms with Gasteiger partial charge in [-0.15, -0.1) is 0 Å². The number of pyridine rings is 1. The van der Waals surface area contributed by atoms with E-state index in [4.69, 9.17) is 0 Å². The van der Waals surface area contributed by atoms with Crippen LogP contribution in [0.4, 0.5) is 5.69 Å². The highest BCUT2D eigenvalue weighted by molar-refractivity contribution is 5.89. The van der Waals surface area contributed by atoms with Gasteiger partial charge in [0, 0.05) is 56.6 Å². The molecule has 1 saturated heterocycles. The minimum absolute atomic E-state index is 0.168. The van der Waals surface area contributed by atoms with E-state index in [-0.39, 0.29) is 5.91 Å². The fraction of sp³-hybridized carbons (Fsp3) is 0.500. The Morgan fingerprint density at radius 1 is 1.48 bits per heavy atom. The third-order valence-electron chi connectivity index (χ3n) is 4.68. The molecule has 2 unspecified atom stereocenters. The molecular weight excluding hydrogens is 264 g/mol. The Bertz CT molecular complexity index is 651. The number of carbonyl (C=O) groups excluding carboxylic acids is 1. The fourth-order valence-corrected chi connectivity index (χ4v) is 3.27. The van der Waals surface area contributed by atoms with Crippen molar-refractivity contribution >= 4 is 22.6 Å². The van der Waals surface area contributed by atoms with Crippen molar-refractivity contribution < 1.29 is 4.79 Å². The number of aromatic amines is 1. The lowest BCUT2D eigenvalue weighted by molar-refractivity contribution is -0.130. The van der Waals surface area contributed by atoms with Crippen LogP contribution < -0.4 is 4.90 Å². The summed E-state index contributed by atoms with van der Waals surface area (Å²) in [5, 5.41) is 1.13. The Morgan fingerprint density at radius 3 is 3.05 bits per heavy atom. The molecule has 2 aromatic heterocycles. The molecular formula is C16H22N4O. The van der Waals surface area contributed by atoms with Gasteiger partial charge in [0.25, 0.3) is 0 Å². The number of rotatable bonds is 2. The van der Waals surface area contributed by atoms with Crippen molar-refractivity contribution in [1.82, 2.24) is 14.9 Å². The van der Waals surface area contributed by atoms with Crippen LogP contribution in [0.15, 0.2) is 24.5 Å². The van der Waals surface area contributed by atoms with Crippen LogP contribution in [-0.2, 0) is 4.79 Å². The van der Waals surface area contributed by atoms with Gasteiger partial charge in [-0.3, -0.25) is 4.79 Å². The molecule has 5 nitrogen and oxygen atoms in total. The van der Waals surface area contributed by atoms with Crippen molar-refractivity contribution in [1.29, 1.82) is 0 Å². The minimum Gasteiger partial charge on any atom is -0.369 e. The molecule has 1 N–H and O–H groups in total. The van der Waals surface area contributed by atoms with Crippen molar-refractivity contribution in [3.8, 4) is 0 Å². The standard InChI is InChI=1S/C16H22N4O/c1-11-6-9-20(12(2)21)10-15(11)19(3)14-5-8-18-16-13(14)4-7-17-16/h4-5,7-8,11,15H,6,9-10H2,1-3H3,(H,17,18). The van der Waals surface area contributed by atoms with Gasteiger partial charge in [0.2, 0.25) is 5.91 Å². The highest BCUT2D eigenvalue weighted by Crippen LogP contribution is 2.30. The molecule has 0 aliphatic carbocycles. The number of aromatic nitrogens is 2. The number of fused-ring (bicyclic) bond motifs is 1. The maximum Gasteiger partial charge on any atom is 0.219 e. The summed E-state index contributed by atoms with van der Waals surface area (Å²) in [7, 11) is 2.12.